The number of aromatic nitrogens is 1. The maximum atomic E-state index is 13.2. The fourth-order valence-corrected chi connectivity index (χ4v) is 3.54. The van der Waals surface area contributed by atoms with Crippen LogP contribution in [0.1, 0.15) is 50.1 Å². The van der Waals surface area contributed by atoms with Gasteiger partial charge in [-0.05, 0) is 68.7 Å². The molecule has 0 saturated carbocycles. The summed E-state index contributed by atoms with van der Waals surface area (Å²) >= 11 is 6.03. The minimum absolute atomic E-state index is 0.336. The molecule has 0 aliphatic heterocycles. The zero-order valence-corrected chi connectivity index (χ0v) is 17.8. The molecular formula is C23H22ClF2NO3. The number of hydrogen-bond acceptors (Lipinski definition) is 3. The Kier molecular flexibility index (Phi) is 6.11. The number of carboxylic acid groups (broad SMARTS) is 1. The van der Waals surface area contributed by atoms with Gasteiger partial charge in [-0.2, -0.15) is 0 Å². The minimum atomic E-state index is -2.70. The van der Waals surface area contributed by atoms with Crippen molar-refractivity contribution in [1.82, 2.24) is 4.98 Å². The van der Waals surface area contributed by atoms with E-state index in [0.717, 1.165) is 0 Å². The Bertz CT molecular complexity index is 1090. The molecule has 1 aromatic heterocycles. The Hall–Kier alpha value is -2.57. The van der Waals surface area contributed by atoms with Gasteiger partial charge >= 0.3 is 5.97 Å². The van der Waals surface area contributed by atoms with Crippen molar-refractivity contribution in [3.8, 4) is 11.1 Å². The largest absolute Gasteiger partial charge is 0.479 e. The van der Waals surface area contributed by atoms with Crippen LogP contribution in [0.4, 0.5) is 8.78 Å². The van der Waals surface area contributed by atoms with E-state index in [-0.39, 0.29) is 5.69 Å². The van der Waals surface area contributed by atoms with Gasteiger partial charge in [0.05, 0.1) is 11.1 Å². The van der Waals surface area contributed by atoms with Crippen molar-refractivity contribution in [2.45, 2.75) is 45.8 Å². The number of fused-ring (bicyclic) bond motifs is 1. The van der Waals surface area contributed by atoms with Crippen LogP contribution in [-0.2, 0) is 9.53 Å². The second-order valence-electron chi connectivity index (χ2n) is 8.04. The number of carbonyl (C=O) groups is 1. The topological polar surface area (TPSA) is 59.4 Å². The van der Waals surface area contributed by atoms with Crippen molar-refractivity contribution in [2.24, 2.45) is 0 Å². The van der Waals surface area contributed by atoms with Gasteiger partial charge in [0.1, 0.15) is 5.69 Å². The van der Waals surface area contributed by atoms with Crippen LogP contribution >= 0.6 is 11.6 Å². The van der Waals surface area contributed by atoms with Gasteiger partial charge in [0.2, 0.25) is 0 Å². The van der Waals surface area contributed by atoms with Crippen LogP contribution in [0.2, 0.25) is 5.02 Å². The summed E-state index contributed by atoms with van der Waals surface area (Å²) in [4.78, 5) is 16.3. The van der Waals surface area contributed by atoms with Crippen molar-refractivity contribution < 1.29 is 23.4 Å². The molecule has 2 aromatic carbocycles. The number of halogens is 3. The lowest BCUT2D eigenvalue weighted by atomic mass is 9.88. The molecule has 7 heteroatoms. The van der Waals surface area contributed by atoms with E-state index in [9.17, 15) is 18.7 Å². The summed E-state index contributed by atoms with van der Waals surface area (Å²) in [5.74, 6) is -1.14. The molecule has 0 fully saturated rings. The fourth-order valence-electron chi connectivity index (χ4n) is 3.41. The number of pyridine rings is 1. The monoisotopic (exact) mass is 433 g/mol. The second-order valence-corrected chi connectivity index (χ2v) is 8.48. The highest BCUT2D eigenvalue weighted by atomic mass is 35.5. The highest BCUT2D eigenvalue weighted by molar-refractivity contribution is 6.30. The highest BCUT2D eigenvalue weighted by Crippen LogP contribution is 2.40. The molecule has 3 aromatic rings. The summed E-state index contributed by atoms with van der Waals surface area (Å²) in [5, 5.41) is 11.0. The zero-order chi connectivity index (χ0) is 22.2. The van der Waals surface area contributed by atoms with E-state index in [4.69, 9.17) is 16.3 Å². The summed E-state index contributed by atoms with van der Waals surface area (Å²) in [6.45, 7) is 7.06. The Morgan fingerprint density at radius 3 is 2.30 bits per heavy atom. The number of hydrogen-bond donors (Lipinski definition) is 1. The average molecular weight is 434 g/mol. The number of rotatable bonds is 5. The first-order valence-electron chi connectivity index (χ1n) is 9.37. The Morgan fingerprint density at radius 1 is 1.13 bits per heavy atom. The molecule has 1 heterocycles. The molecule has 0 aliphatic rings. The molecule has 4 nitrogen and oxygen atoms in total. The molecule has 1 N–H and O–H groups in total. The van der Waals surface area contributed by atoms with Crippen LogP contribution in [0.5, 0.6) is 0 Å². The van der Waals surface area contributed by atoms with E-state index < -0.39 is 24.1 Å². The first-order valence-corrected chi connectivity index (χ1v) is 9.74. The third-order valence-electron chi connectivity index (χ3n) is 4.58. The Morgan fingerprint density at radius 2 is 1.77 bits per heavy atom. The highest BCUT2D eigenvalue weighted by Gasteiger charge is 2.31. The van der Waals surface area contributed by atoms with Gasteiger partial charge < -0.3 is 9.84 Å². The smallest absolute Gasteiger partial charge is 0.337 e. The number of aryl methyl sites for hydroxylation is 1. The van der Waals surface area contributed by atoms with Gasteiger partial charge in [-0.3, -0.25) is 0 Å². The number of aliphatic carboxylic acids is 1. The molecule has 1 unspecified atom stereocenters. The maximum Gasteiger partial charge on any atom is 0.337 e. The first kappa shape index (κ1) is 22.1. The molecule has 30 heavy (non-hydrogen) atoms. The molecule has 0 radical (unpaired) electrons. The maximum absolute atomic E-state index is 13.2. The van der Waals surface area contributed by atoms with E-state index >= 15 is 0 Å². The van der Waals surface area contributed by atoms with Gasteiger partial charge in [0.15, 0.2) is 6.10 Å². The van der Waals surface area contributed by atoms with Crippen molar-refractivity contribution >= 4 is 28.5 Å². The molecule has 3 rings (SSSR count). The molecule has 0 amide bonds. The molecule has 0 bridgehead atoms. The van der Waals surface area contributed by atoms with Crippen LogP contribution in [0.15, 0.2) is 42.5 Å². The molecule has 1 atom stereocenters. The fraction of sp³-hybridized carbons (Fsp3) is 0.304. The third kappa shape index (κ3) is 4.60. The van der Waals surface area contributed by atoms with Gasteiger partial charge in [-0.25, -0.2) is 18.6 Å². The molecule has 0 saturated heterocycles. The second kappa shape index (κ2) is 8.28. The number of benzene rings is 2. The van der Waals surface area contributed by atoms with E-state index in [1.165, 1.54) is 6.07 Å². The summed E-state index contributed by atoms with van der Waals surface area (Å²) in [6, 6.07) is 11.3. The van der Waals surface area contributed by atoms with Crippen molar-refractivity contribution in [2.75, 3.05) is 0 Å². The minimum Gasteiger partial charge on any atom is -0.479 e. The standard InChI is InChI=1S/C23H22ClF2NO3/c1-12-11-17-15(9-10-16(27-17)21(25)26)19(13-5-7-14(24)8-6-13)18(12)20(22(28)29)30-23(2,3)4/h5-11,20-21H,1-4H3,(H,28,29). The quantitative estimate of drug-likeness (QED) is 0.484. The van der Waals surface area contributed by atoms with Crippen molar-refractivity contribution in [3.05, 3.63) is 64.3 Å². The summed E-state index contributed by atoms with van der Waals surface area (Å²) < 4.78 is 32.3. The predicted octanol–water partition coefficient (Wildman–Crippen LogP) is 6.74. The van der Waals surface area contributed by atoms with Gasteiger partial charge in [-0.1, -0.05) is 29.8 Å². The molecule has 158 valence electrons. The summed E-state index contributed by atoms with van der Waals surface area (Å²) in [6.07, 6.45) is -3.96. The zero-order valence-electron chi connectivity index (χ0n) is 17.0. The normalized spacial score (nSPS) is 13.1. The Balaban J connectivity index is 2.39. The third-order valence-corrected chi connectivity index (χ3v) is 4.83. The SMILES string of the molecule is Cc1cc2nc(C(F)F)ccc2c(-c2ccc(Cl)cc2)c1C(OC(C)(C)C)C(=O)O. The van der Waals surface area contributed by atoms with Crippen LogP contribution in [0.3, 0.4) is 0 Å². The van der Waals surface area contributed by atoms with E-state index in [2.05, 4.69) is 4.98 Å². The van der Waals surface area contributed by atoms with E-state index in [1.807, 2.05) is 0 Å². The summed E-state index contributed by atoms with van der Waals surface area (Å²) in [7, 11) is 0. The number of carboxylic acids is 1. The van der Waals surface area contributed by atoms with Gasteiger partial charge in [0, 0.05) is 16.0 Å². The van der Waals surface area contributed by atoms with E-state index in [0.29, 0.717) is 38.2 Å². The average Bonchev–Trinajstić information content (AvgIpc) is 2.64. The lowest BCUT2D eigenvalue weighted by Crippen LogP contribution is -2.28. The van der Waals surface area contributed by atoms with Crippen LogP contribution in [0, 0.1) is 6.92 Å². The van der Waals surface area contributed by atoms with Crippen LogP contribution in [-0.4, -0.2) is 21.7 Å². The van der Waals surface area contributed by atoms with Gasteiger partial charge in [-0.15, -0.1) is 0 Å². The van der Waals surface area contributed by atoms with Crippen LogP contribution in [0.25, 0.3) is 22.0 Å². The lowest BCUT2D eigenvalue weighted by Gasteiger charge is -2.28. The lowest BCUT2D eigenvalue weighted by molar-refractivity contribution is -0.160. The number of ether oxygens (including phenoxy) is 1. The number of nitrogens with zero attached hydrogens (tertiary/aromatic N) is 1. The van der Waals surface area contributed by atoms with Crippen molar-refractivity contribution in [3.63, 3.8) is 0 Å². The molecular weight excluding hydrogens is 412 g/mol. The Labute approximate surface area is 178 Å². The molecule has 0 spiro atoms. The number of alkyl halides is 2. The first-order chi connectivity index (χ1) is 14.0. The van der Waals surface area contributed by atoms with Gasteiger partial charge in [0.25, 0.3) is 6.43 Å². The van der Waals surface area contributed by atoms with Crippen LogP contribution < -0.4 is 0 Å². The summed E-state index contributed by atoms with van der Waals surface area (Å²) in [5.41, 5.74) is 1.61. The van der Waals surface area contributed by atoms with Crippen molar-refractivity contribution in [1.29, 1.82) is 0 Å². The molecule has 0 aliphatic carbocycles. The predicted molar refractivity (Wildman–Crippen MR) is 113 cm³/mol. The van der Waals surface area contributed by atoms with E-state index in [1.54, 1.807) is 64.1 Å².